The second-order valence-electron chi connectivity index (χ2n) is 4.61. The molecule has 1 aromatic rings. The van der Waals surface area contributed by atoms with Crippen LogP contribution < -0.4 is 5.32 Å². The number of piperidine rings is 1. The highest BCUT2D eigenvalue weighted by atomic mass is 32.2. The van der Waals surface area contributed by atoms with E-state index in [0.717, 1.165) is 37.3 Å². The van der Waals surface area contributed by atoms with E-state index >= 15 is 0 Å². The van der Waals surface area contributed by atoms with Gasteiger partial charge in [-0.2, -0.15) is 4.31 Å². The van der Waals surface area contributed by atoms with Crippen molar-refractivity contribution in [3.8, 4) is 0 Å². The van der Waals surface area contributed by atoms with Gasteiger partial charge in [-0.25, -0.2) is 13.2 Å². The van der Waals surface area contributed by atoms with Gasteiger partial charge in [0.15, 0.2) is 0 Å². The topological polar surface area (TPSA) is 75.7 Å². The van der Waals surface area contributed by atoms with Gasteiger partial charge in [0.2, 0.25) is 10.0 Å². The number of ether oxygens (including phenoxy) is 1. The zero-order valence-corrected chi connectivity index (χ0v) is 13.1. The molecule has 0 bridgehead atoms. The van der Waals surface area contributed by atoms with Crippen molar-refractivity contribution in [1.82, 2.24) is 9.62 Å². The van der Waals surface area contributed by atoms with Crippen LogP contribution in [0.1, 0.15) is 22.5 Å². The van der Waals surface area contributed by atoms with Gasteiger partial charge in [-0.1, -0.05) is 0 Å². The number of sulfonamides is 1. The summed E-state index contributed by atoms with van der Waals surface area (Å²) in [5, 5.41) is 4.79. The number of methoxy groups -OCH3 is 1. The largest absolute Gasteiger partial charge is 0.465 e. The number of hydrogen-bond acceptors (Lipinski definition) is 6. The summed E-state index contributed by atoms with van der Waals surface area (Å²) >= 11 is 1.08. The van der Waals surface area contributed by atoms with Crippen molar-refractivity contribution in [3.63, 3.8) is 0 Å². The Bertz CT molecular complexity index is 576. The third-order valence-electron chi connectivity index (χ3n) is 3.48. The number of carbonyl (C=O) groups is 1. The van der Waals surface area contributed by atoms with Crippen LogP contribution in [0.3, 0.4) is 0 Å². The van der Waals surface area contributed by atoms with Crippen LogP contribution in [0.5, 0.6) is 0 Å². The van der Waals surface area contributed by atoms with Crippen molar-refractivity contribution in [1.29, 1.82) is 0 Å². The fraction of sp³-hybridized carbons (Fsp3) is 0.583. The molecule has 1 aromatic heterocycles. The van der Waals surface area contributed by atoms with E-state index in [9.17, 15) is 13.2 Å². The van der Waals surface area contributed by atoms with E-state index in [1.54, 1.807) is 12.4 Å². The summed E-state index contributed by atoms with van der Waals surface area (Å²) in [7, 11) is -0.847. The number of nitrogens with one attached hydrogen (secondary N) is 1. The predicted octanol–water partition coefficient (Wildman–Crippen LogP) is 0.907. The summed E-state index contributed by atoms with van der Waals surface area (Å²) in [4.78, 5) is 11.8. The minimum absolute atomic E-state index is 0.0355. The first-order valence-corrected chi connectivity index (χ1v) is 8.65. The molecule has 1 aliphatic rings. The van der Waals surface area contributed by atoms with E-state index in [-0.39, 0.29) is 15.8 Å². The molecule has 1 saturated heterocycles. The van der Waals surface area contributed by atoms with Gasteiger partial charge in [0.05, 0.1) is 7.11 Å². The Morgan fingerprint density at radius 2 is 2.10 bits per heavy atom. The van der Waals surface area contributed by atoms with Crippen molar-refractivity contribution in [2.45, 2.75) is 23.8 Å². The van der Waals surface area contributed by atoms with Crippen molar-refractivity contribution in [2.24, 2.45) is 0 Å². The first-order chi connectivity index (χ1) is 9.48. The molecule has 1 N–H and O–H groups in total. The fourth-order valence-electron chi connectivity index (χ4n) is 2.26. The maximum absolute atomic E-state index is 12.6. The van der Waals surface area contributed by atoms with E-state index in [2.05, 4.69) is 10.1 Å². The van der Waals surface area contributed by atoms with E-state index in [4.69, 9.17) is 0 Å². The molecule has 0 aliphatic carbocycles. The SMILES string of the molecule is COC(=O)c1sccc1S(=O)(=O)N(C)C1CCNCC1. The first kappa shape index (κ1) is 15.4. The molecule has 112 valence electrons. The lowest BCUT2D eigenvalue weighted by Gasteiger charge is -2.30. The second-order valence-corrected chi connectivity index (χ2v) is 7.49. The van der Waals surface area contributed by atoms with Crippen LogP contribution in [0, 0.1) is 0 Å². The van der Waals surface area contributed by atoms with Gasteiger partial charge in [-0.15, -0.1) is 11.3 Å². The molecule has 1 aliphatic heterocycles. The summed E-state index contributed by atoms with van der Waals surface area (Å²) in [6, 6.07) is 1.43. The van der Waals surface area contributed by atoms with Gasteiger partial charge in [0.25, 0.3) is 0 Å². The quantitative estimate of drug-likeness (QED) is 0.835. The van der Waals surface area contributed by atoms with Gasteiger partial charge in [0, 0.05) is 13.1 Å². The molecule has 2 heterocycles. The van der Waals surface area contributed by atoms with Crippen LogP contribution in [0.4, 0.5) is 0 Å². The smallest absolute Gasteiger partial charge is 0.349 e. The lowest BCUT2D eigenvalue weighted by atomic mass is 10.1. The van der Waals surface area contributed by atoms with Crippen LogP contribution >= 0.6 is 11.3 Å². The van der Waals surface area contributed by atoms with Crippen molar-refractivity contribution in [2.75, 3.05) is 27.2 Å². The van der Waals surface area contributed by atoms with Crippen LogP contribution in [0.25, 0.3) is 0 Å². The molecule has 0 amide bonds. The van der Waals surface area contributed by atoms with Gasteiger partial charge in [0.1, 0.15) is 9.77 Å². The monoisotopic (exact) mass is 318 g/mol. The normalized spacial score (nSPS) is 17.4. The Kier molecular flexibility index (Phi) is 4.79. The van der Waals surface area contributed by atoms with Gasteiger partial charge >= 0.3 is 5.97 Å². The summed E-state index contributed by atoms with van der Waals surface area (Å²) in [6.07, 6.45) is 1.54. The third-order valence-corrected chi connectivity index (χ3v) is 6.46. The molecule has 6 nitrogen and oxygen atoms in total. The van der Waals surface area contributed by atoms with Crippen LogP contribution in [-0.2, 0) is 14.8 Å². The zero-order valence-electron chi connectivity index (χ0n) is 11.5. The summed E-state index contributed by atoms with van der Waals surface area (Å²) < 4.78 is 31.3. The van der Waals surface area contributed by atoms with E-state index in [1.807, 2.05) is 0 Å². The zero-order chi connectivity index (χ0) is 14.8. The molecular formula is C12H18N2O4S2. The van der Waals surface area contributed by atoms with Crippen LogP contribution in [-0.4, -0.2) is 52.0 Å². The highest BCUT2D eigenvalue weighted by Gasteiger charge is 2.33. The first-order valence-electron chi connectivity index (χ1n) is 6.33. The standard InChI is InChI=1S/C12H18N2O4S2/c1-14(9-3-6-13-7-4-9)20(16,17)10-5-8-19-11(10)12(15)18-2/h5,8-9,13H,3-4,6-7H2,1-2H3. The maximum atomic E-state index is 12.6. The molecule has 0 aromatic carbocycles. The average molecular weight is 318 g/mol. The molecule has 0 spiro atoms. The highest BCUT2D eigenvalue weighted by Crippen LogP contribution is 2.27. The average Bonchev–Trinajstić information content (AvgIpc) is 2.96. The highest BCUT2D eigenvalue weighted by molar-refractivity contribution is 7.89. The molecule has 20 heavy (non-hydrogen) atoms. The molecule has 1 fully saturated rings. The third kappa shape index (κ3) is 2.88. The Morgan fingerprint density at radius 1 is 1.45 bits per heavy atom. The lowest BCUT2D eigenvalue weighted by Crippen LogP contribution is -2.44. The molecule has 0 unspecified atom stereocenters. The van der Waals surface area contributed by atoms with E-state index < -0.39 is 16.0 Å². The Balaban J connectivity index is 2.30. The minimum atomic E-state index is -3.67. The van der Waals surface area contributed by atoms with Crippen molar-refractivity contribution in [3.05, 3.63) is 16.3 Å². The number of esters is 1. The number of rotatable bonds is 4. The Hall–Kier alpha value is -0.960. The Morgan fingerprint density at radius 3 is 2.70 bits per heavy atom. The molecule has 0 radical (unpaired) electrons. The molecule has 0 saturated carbocycles. The lowest BCUT2D eigenvalue weighted by molar-refractivity contribution is 0.0602. The van der Waals surface area contributed by atoms with Gasteiger partial charge < -0.3 is 10.1 Å². The van der Waals surface area contributed by atoms with Crippen LogP contribution in [0.15, 0.2) is 16.3 Å². The Labute approximate surface area is 122 Å². The molecular weight excluding hydrogens is 300 g/mol. The van der Waals surface area contributed by atoms with E-state index in [0.29, 0.717) is 0 Å². The predicted molar refractivity (Wildman–Crippen MR) is 76.5 cm³/mol. The van der Waals surface area contributed by atoms with Gasteiger partial charge in [-0.3, -0.25) is 0 Å². The summed E-state index contributed by atoms with van der Waals surface area (Å²) in [5.74, 6) is -0.614. The maximum Gasteiger partial charge on any atom is 0.349 e. The molecule has 0 atom stereocenters. The minimum Gasteiger partial charge on any atom is -0.465 e. The number of thiophene rings is 1. The number of carbonyl (C=O) groups excluding carboxylic acids is 1. The molecule has 2 rings (SSSR count). The second kappa shape index (κ2) is 6.21. The number of hydrogen-bond donors (Lipinski definition) is 1. The fourth-order valence-corrected chi connectivity index (χ4v) is 4.99. The molecule has 8 heteroatoms. The van der Waals surface area contributed by atoms with Crippen molar-refractivity contribution < 1.29 is 17.9 Å². The van der Waals surface area contributed by atoms with Gasteiger partial charge in [-0.05, 0) is 37.4 Å². The number of nitrogens with zero attached hydrogens (tertiary/aromatic N) is 1. The van der Waals surface area contributed by atoms with E-state index in [1.165, 1.54) is 17.5 Å². The van der Waals surface area contributed by atoms with Crippen molar-refractivity contribution >= 4 is 27.3 Å². The summed E-state index contributed by atoms with van der Waals surface area (Å²) in [5.41, 5.74) is 0. The summed E-state index contributed by atoms with van der Waals surface area (Å²) in [6.45, 7) is 1.61. The van der Waals surface area contributed by atoms with Crippen LogP contribution in [0.2, 0.25) is 0 Å².